The quantitative estimate of drug-likeness (QED) is 0.804. The van der Waals surface area contributed by atoms with Crippen molar-refractivity contribution in [3.05, 3.63) is 41.3 Å². The fourth-order valence-electron chi connectivity index (χ4n) is 2.97. The summed E-state index contributed by atoms with van der Waals surface area (Å²) in [5.41, 5.74) is 1.76. The molecule has 1 saturated heterocycles. The minimum absolute atomic E-state index is 0.232. The van der Waals surface area contributed by atoms with E-state index >= 15 is 0 Å². The second kappa shape index (κ2) is 7.15. The molecule has 1 aromatic heterocycles. The molecule has 136 valence electrons. The molecule has 0 aliphatic carbocycles. The highest BCUT2D eigenvalue weighted by Crippen LogP contribution is 2.28. The van der Waals surface area contributed by atoms with Gasteiger partial charge in [0.1, 0.15) is 16.4 Å². The lowest BCUT2D eigenvalue weighted by molar-refractivity contribution is 0.177. The standard InChI is InChI=1S/C17H23N3O4S/c1-13-4-5-16(23-3)17(10-13)25(21,22)20-8-6-19(7-9-20)12-15-11-14(2)24-18-15/h4-5,10-11H,6-9,12H2,1-3H3. The van der Waals surface area contributed by atoms with Crippen molar-refractivity contribution in [1.82, 2.24) is 14.4 Å². The van der Waals surface area contributed by atoms with Gasteiger partial charge in [-0.25, -0.2) is 8.42 Å². The van der Waals surface area contributed by atoms with Crippen LogP contribution in [0.15, 0.2) is 33.7 Å². The molecule has 2 aromatic rings. The first-order valence-corrected chi connectivity index (χ1v) is 9.63. The summed E-state index contributed by atoms with van der Waals surface area (Å²) in [5.74, 6) is 1.16. The Labute approximate surface area is 148 Å². The van der Waals surface area contributed by atoms with Crippen LogP contribution in [0.3, 0.4) is 0 Å². The average molecular weight is 365 g/mol. The fraction of sp³-hybridized carbons (Fsp3) is 0.471. The third-order valence-electron chi connectivity index (χ3n) is 4.33. The van der Waals surface area contributed by atoms with E-state index in [4.69, 9.17) is 9.26 Å². The number of benzene rings is 1. The van der Waals surface area contributed by atoms with Crippen LogP contribution < -0.4 is 4.74 Å². The number of aryl methyl sites for hydroxylation is 2. The number of methoxy groups -OCH3 is 1. The average Bonchev–Trinajstić information content (AvgIpc) is 3.00. The molecule has 7 nitrogen and oxygen atoms in total. The second-order valence-corrected chi connectivity index (χ2v) is 8.17. The van der Waals surface area contributed by atoms with Crippen LogP contribution in [0.4, 0.5) is 0 Å². The Balaban J connectivity index is 1.70. The van der Waals surface area contributed by atoms with Crippen LogP contribution in [0.25, 0.3) is 0 Å². The minimum Gasteiger partial charge on any atom is -0.495 e. The molecule has 0 atom stereocenters. The number of ether oxygens (including phenoxy) is 1. The Hall–Kier alpha value is -1.90. The lowest BCUT2D eigenvalue weighted by Crippen LogP contribution is -2.48. The smallest absolute Gasteiger partial charge is 0.246 e. The van der Waals surface area contributed by atoms with Gasteiger partial charge in [-0.1, -0.05) is 11.2 Å². The zero-order valence-electron chi connectivity index (χ0n) is 14.7. The first kappa shape index (κ1) is 17.9. The predicted molar refractivity (Wildman–Crippen MR) is 93.0 cm³/mol. The molecule has 1 fully saturated rings. The SMILES string of the molecule is COc1ccc(C)cc1S(=O)(=O)N1CCN(Cc2cc(C)on2)CC1. The number of rotatable bonds is 5. The molecule has 0 N–H and O–H groups in total. The third-order valence-corrected chi connectivity index (χ3v) is 6.25. The molecular formula is C17H23N3O4S. The maximum Gasteiger partial charge on any atom is 0.246 e. The van der Waals surface area contributed by atoms with E-state index in [9.17, 15) is 8.42 Å². The van der Waals surface area contributed by atoms with E-state index in [2.05, 4.69) is 10.1 Å². The Bertz CT molecular complexity index is 839. The van der Waals surface area contributed by atoms with Gasteiger partial charge >= 0.3 is 0 Å². The van der Waals surface area contributed by atoms with Crippen LogP contribution in [0.2, 0.25) is 0 Å². The first-order valence-electron chi connectivity index (χ1n) is 8.19. The zero-order valence-corrected chi connectivity index (χ0v) is 15.5. The van der Waals surface area contributed by atoms with E-state index < -0.39 is 10.0 Å². The monoisotopic (exact) mass is 365 g/mol. The van der Waals surface area contributed by atoms with Gasteiger partial charge in [-0.2, -0.15) is 4.31 Å². The molecule has 0 bridgehead atoms. The molecule has 25 heavy (non-hydrogen) atoms. The maximum absolute atomic E-state index is 13.0. The van der Waals surface area contributed by atoms with Crippen LogP contribution in [0.1, 0.15) is 17.0 Å². The van der Waals surface area contributed by atoms with Crippen LogP contribution >= 0.6 is 0 Å². The van der Waals surface area contributed by atoms with Crippen LogP contribution in [-0.2, 0) is 16.6 Å². The van der Waals surface area contributed by atoms with Gasteiger partial charge in [0.05, 0.1) is 12.8 Å². The van der Waals surface area contributed by atoms with Gasteiger partial charge in [0.15, 0.2) is 0 Å². The van der Waals surface area contributed by atoms with E-state index in [1.807, 2.05) is 26.0 Å². The Morgan fingerprint density at radius 3 is 2.48 bits per heavy atom. The Kier molecular flexibility index (Phi) is 5.12. The van der Waals surface area contributed by atoms with Crippen molar-refractivity contribution < 1.29 is 17.7 Å². The number of sulfonamides is 1. The van der Waals surface area contributed by atoms with Crippen LogP contribution in [0.5, 0.6) is 5.75 Å². The number of piperazine rings is 1. The second-order valence-electron chi connectivity index (χ2n) is 6.26. The minimum atomic E-state index is -3.57. The van der Waals surface area contributed by atoms with Crippen molar-refractivity contribution in [3.8, 4) is 5.75 Å². The Morgan fingerprint density at radius 2 is 1.88 bits per heavy atom. The largest absolute Gasteiger partial charge is 0.495 e. The summed E-state index contributed by atoms with van der Waals surface area (Å²) in [6.07, 6.45) is 0. The summed E-state index contributed by atoms with van der Waals surface area (Å²) >= 11 is 0. The first-order chi connectivity index (χ1) is 11.9. The summed E-state index contributed by atoms with van der Waals surface area (Å²) in [6.45, 7) is 6.58. The molecule has 1 aromatic carbocycles. The molecule has 2 heterocycles. The van der Waals surface area contributed by atoms with Crippen molar-refractivity contribution in [2.45, 2.75) is 25.3 Å². The molecule has 0 amide bonds. The third kappa shape index (κ3) is 3.86. The predicted octanol–water partition coefficient (Wildman–Crippen LogP) is 1.81. The fourth-order valence-corrected chi connectivity index (χ4v) is 4.64. The molecule has 3 rings (SSSR count). The van der Waals surface area contributed by atoms with E-state index in [1.54, 1.807) is 12.1 Å². The van der Waals surface area contributed by atoms with Gasteiger partial charge < -0.3 is 9.26 Å². The van der Waals surface area contributed by atoms with Crippen molar-refractivity contribution in [2.75, 3.05) is 33.3 Å². The highest BCUT2D eigenvalue weighted by molar-refractivity contribution is 7.89. The van der Waals surface area contributed by atoms with Gasteiger partial charge in [0.2, 0.25) is 10.0 Å². The maximum atomic E-state index is 13.0. The molecule has 0 saturated carbocycles. The van der Waals surface area contributed by atoms with Crippen LogP contribution in [-0.4, -0.2) is 56.1 Å². The van der Waals surface area contributed by atoms with Gasteiger partial charge in [0, 0.05) is 38.8 Å². The van der Waals surface area contributed by atoms with Gasteiger partial charge in [0.25, 0.3) is 0 Å². The van der Waals surface area contributed by atoms with Crippen LogP contribution in [0, 0.1) is 13.8 Å². The normalized spacial score (nSPS) is 16.9. The summed E-state index contributed by atoms with van der Waals surface area (Å²) in [4.78, 5) is 2.41. The van der Waals surface area contributed by atoms with E-state index in [1.165, 1.54) is 11.4 Å². The molecular weight excluding hydrogens is 342 g/mol. The molecule has 0 radical (unpaired) electrons. The van der Waals surface area contributed by atoms with E-state index in [-0.39, 0.29) is 4.90 Å². The topological polar surface area (TPSA) is 75.9 Å². The lowest BCUT2D eigenvalue weighted by atomic mass is 10.2. The zero-order chi connectivity index (χ0) is 18.0. The lowest BCUT2D eigenvalue weighted by Gasteiger charge is -2.33. The highest BCUT2D eigenvalue weighted by Gasteiger charge is 2.31. The van der Waals surface area contributed by atoms with Gasteiger partial charge in [-0.05, 0) is 31.5 Å². The number of hydrogen-bond acceptors (Lipinski definition) is 6. The summed E-state index contributed by atoms with van der Waals surface area (Å²) in [7, 11) is -2.08. The summed E-state index contributed by atoms with van der Waals surface area (Å²) in [5, 5.41) is 3.99. The van der Waals surface area contributed by atoms with Gasteiger partial charge in [-0.3, -0.25) is 4.90 Å². The number of aromatic nitrogens is 1. The molecule has 1 aliphatic rings. The van der Waals surface area contributed by atoms with E-state index in [0.717, 1.165) is 17.0 Å². The van der Waals surface area contributed by atoms with Crippen molar-refractivity contribution in [3.63, 3.8) is 0 Å². The van der Waals surface area contributed by atoms with Gasteiger partial charge in [-0.15, -0.1) is 0 Å². The van der Waals surface area contributed by atoms with Crippen molar-refractivity contribution in [1.29, 1.82) is 0 Å². The van der Waals surface area contributed by atoms with Crippen molar-refractivity contribution in [2.24, 2.45) is 0 Å². The summed E-state index contributed by atoms with van der Waals surface area (Å²) < 4.78 is 37.8. The molecule has 1 aliphatic heterocycles. The molecule has 8 heteroatoms. The number of nitrogens with zero attached hydrogens (tertiary/aromatic N) is 3. The Morgan fingerprint density at radius 1 is 1.16 bits per heavy atom. The molecule has 0 unspecified atom stereocenters. The molecule has 0 spiro atoms. The number of hydrogen-bond donors (Lipinski definition) is 0. The van der Waals surface area contributed by atoms with Crippen molar-refractivity contribution >= 4 is 10.0 Å². The summed E-state index contributed by atoms with van der Waals surface area (Å²) in [6, 6.07) is 7.11. The van der Waals surface area contributed by atoms with E-state index in [0.29, 0.717) is 38.5 Å². The highest BCUT2D eigenvalue weighted by atomic mass is 32.2.